The Morgan fingerprint density at radius 3 is 1.27 bits per heavy atom. The number of aliphatic hydroxyl groups is 7. The number of aliphatic hydroxyl groups excluding tert-OH is 7. The van der Waals surface area contributed by atoms with Gasteiger partial charge in [0, 0.05) is 0 Å². The molecule has 11 heteroatoms. The van der Waals surface area contributed by atoms with E-state index in [1.54, 1.807) is 0 Å². The van der Waals surface area contributed by atoms with Crippen molar-refractivity contribution in [1.29, 1.82) is 0 Å². The Morgan fingerprint density at radius 2 is 0.849 bits per heavy atom. The molecule has 1 aliphatic rings. The zero-order chi connectivity index (χ0) is 53.3. The molecule has 1 rings (SSSR count). The molecule has 0 saturated carbocycles. The summed E-state index contributed by atoms with van der Waals surface area (Å²) in [6.45, 7) is 3.38. The maximum Gasteiger partial charge on any atom is 0.249 e. The van der Waals surface area contributed by atoms with E-state index in [4.69, 9.17) is 9.47 Å². The molecule has 0 radical (unpaired) electrons. The van der Waals surface area contributed by atoms with Crippen molar-refractivity contribution < 1.29 is 50.0 Å². The number of allylic oxidation sites excluding steroid dienone is 8. The van der Waals surface area contributed by atoms with Gasteiger partial charge in [0.1, 0.15) is 36.6 Å². The van der Waals surface area contributed by atoms with Gasteiger partial charge in [0.15, 0.2) is 6.29 Å². The summed E-state index contributed by atoms with van der Waals surface area (Å²) in [6.07, 6.45) is 53.4. The minimum absolute atomic E-state index is 0.240. The molecule has 9 atom stereocenters. The van der Waals surface area contributed by atoms with Crippen molar-refractivity contribution in [1.82, 2.24) is 5.32 Å². The Balaban J connectivity index is 2.21. The van der Waals surface area contributed by atoms with Crippen molar-refractivity contribution in [3.8, 4) is 0 Å². The Labute approximate surface area is 447 Å². The van der Waals surface area contributed by atoms with E-state index in [-0.39, 0.29) is 12.8 Å². The highest BCUT2D eigenvalue weighted by molar-refractivity contribution is 5.80. The van der Waals surface area contributed by atoms with Crippen molar-refractivity contribution in [2.45, 2.75) is 326 Å². The molecule has 0 bridgehead atoms. The lowest BCUT2D eigenvalue weighted by molar-refractivity contribution is -0.303. The molecule has 0 aliphatic carbocycles. The van der Waals surface area contributed by atoms with Crippen LogP contribution in [-0.2, 0) is 14.3 Å². The summed E-state index contributed by atoms with van der Waals surface area (Å²) in [6, 6.07) is -1.19. The third-order valence-corrected chi connectivity index (χ3v) is 14.5. The van der Waals surface area contributed by atoms with Gasteiger partial charge in [-0.1, -0.05) is 236 Å². The molecule has 428 valence electrons. The van der Waals surface area contributed by atoms with Gasteiger partial charge in [-0.3, -0.25) is 4.79 Å². The van der Waals surface area contributed by atoms with E-state index in [9.17, 15) is 40.5 Å². The number of unbranched alkanes of at least 4 members (excludes halogenated alkanes) is 32. The van der Waals surface area contributed by atoms with Gasteiger partial charge >= 0.3 is 0 Å². The lowest BCUT2D eigenvalue weighted by Gasteiger charge is -2.40. The fourth-order valence-corrected chi connectivity index (χ4v) is 9.60. The van der Waals surface area contributed by atoms with Crippen LogP contribution in [0.25, 0.3) is 0 Å². The first kappa shape index (κ1) is 69.1. The summed E-state index contributed by atoms with van der Waals surface area (Å²) >= 11 is 0. The number of amides is 1. The van der Waals surface area contributed by atoms with Gasteiger partial charge in [0.25, 0.3) is 0 Å². The molecule has 73 heavy (non-hydrogen) atoms. The SMILES string of the molecule is CCC/C=C/CC/C=C/CC/C=C/CCCC(O)C(O)C(COC1OC(CO)C(O)C(O)C1O)NC(=O)C(O)CCCCCCCCCCCCCCCCCC/C=C\CCCCCCCCCCCCCC. The van der Waals surface area contributed by atoms with Crippen LogP contribution < -0.4 is 5.32 Å². The average Bonchev–Trinajstić information content (AvgIpc) is 3.39. The number of carbonyl (C=O) groups is 1. The third-order valence-electron chi connectivity index (χ3n) is 14.5. The minimum atomic E-state index is -1.67. The molecule has 0 aromatic heterocycles. The van der Waals surface area contributed by atoms with E-state index in [0.29, 0.717) is 19.3 Å². The summed E-state index contributed by atoms with van der Waals surface area (Å²) in [4.78, 5) is 13.2. The highest BCUT2D eigenvalue weighted by Crippen LogP contribution is 2.23. The van der Waals surface area contributed by atoms with E-state index < -0.39 is 74.2 Å². The van der Waals surface area contributed by atoms with Gasteiger partial charge in [-0.15, -0.1) is 0 Å². The second kappa shape index (κ2) is 50.9. The highest BCUT2D eigenvalue weighted by atomic mass is 16.7. The number of ether oxygens (including phenoxy) is 2. The first-order chi connectivity index (χ1) is 35.7. The second-order valence-electron chi connectivity index (χ2n) is 21.4. The topological polar surface area (TPSA) is 189 Å². The van der Waals surface area contributed by atoms with E-state index >= 15 is 0 Å². The molecule has 1 fully saturated rings. The molecule has 1 heterocycles. The van der Waals surface area contributed by atoms with Gasteiger partial charge in [-0.05, 0) is 83.5 Å². The Bertz CT molecular complexity index is 1320. The summed E-state index contributed by atoms with van der Waals surface area (Å²) in [7, 11) is 0. The predicted octanol–water partition coefficient (Wildman–Crippen LogP) is 13.2. The first-order valence-corrected chi connectivity index (χ1v) is 30.5. The Morgan fingerprint density at radius 1 is 0.466 bits per heavy atom. The van der Waals surface area contributed by atoms with Crippen LogP contribution in [0.5, 0.6) is 0 Å². The summed E-state index contributed by atoms with van der Waals surface area (Å²) in [5.41, 5.74) is 0. The lowest BCUT2D eigenvalue weighted by atomic mass is 9.98. The van der Waals surface area contributed by atoms with Gasteiger partial charge < -0.3 is 50.5 Å². The summed E-state index contributed by atoms with van der Waals surface area (Å²) in [5, 5.41) is 76.0. The molecule has 0 spiro atoms. The second-order valence-corrected chi connectivity index (χ2v) is 21.4. The maximum atomic E-state index is 13.2. The lowest BCUT2D eigenvalue weighted by Crippen LogP contribution is -2.60. The molecule has 11 nitrogen and oxygen atoms in total. The van der Waals surface area contributed by atoms with Crippen LogP contribution in [0.15, 0.2) is 48.6 Å². The summed E-state index contributed by atoms with van der Waals surface area (Å²) < 4.78 is 11.1. The Kier molecular flexibility index (Phi) is 48.1. The van der Waals surface area contributed by atoms with Gasteiger partial charge in [0.2, 0.25) is 5.91 Å². The Hall–Kier alpha value is -1.93. The molecular formula is C62H115NO10. The minimum Gasteiger partial charge on any atom is -0.394 e. The van der Waals surface area contributed by atoms with E-state index in [2.05, 4.69) is 67.8 Å². The van der Waals surface area contributed by atoms with Gasteiger partial charge in [-0.2, -0.15) is 0 Å². The molecule has 1 saturated heterocycles. The fourth-order valence-electron chi connectivity index (χ4n) is 9.60. The standard InChI is InChI=1S/C62H115NO10/c1-3-5-7-9-11-13-15-17-19-20-21-22-23-24-25-26-27-28-29-30-31-32-33-34-35-36-38-40-42-44-46-48-50-55(66)61(71)63-53(52-72-62-60(70)59(69)58(68)56(51-64)73-62)57(67)54(65)49-47-45-43-41-39-37-18-16-14-12-10-8-6-4-2/h8,10,16,18,24-25,41,43,53-60,62,64-70H,3-7,9,11-15,17,19-23,26-40,42,44-52H2,1-2H3,(H,63,71)/b10-8+,18-16+,25-24-,43-41+. The molecule has 1 amide bonds. The van der Waals surface area contributed by atoms with E-state index in [1.165, 1.54) is 173 Å². The largest absolute Gasteiger partial charge is 0.394 e. The van der Waals surface area contributed by atoms with Crippen molar-refractivity contribution in [3.63, 3.8) is 0 Å². The maximum absolute atomic E-state index is 13.2. The zero-order valence-corrected chi connectivity index (χ0v) is 46.9. The molecule has 0 aromatic carbocycles. The van der Waals surface area contributed by atoms with E-state index in [0.717, 1.165) is 51.4 Å². The number of hydrogen-bond acceptors (Lipinski definition) is 10. The van der Waals surface area contributed by atoms with Gasteiger partial charge in [-0.25, -0.2) is 0 Å². The van der Waals surface area contributed by atoms with E-state index in [1.807, 2.05) is 0 Å². The molecular weight excluding hydrogens is 919 g/mol. The van der Waals surface area contributed by atoms with Crippen LogP contribution in [0.3, 0.4) is 0 Å². The van der Waals surface area contributed by atoms with Crippen LogP contribution in [0, 0.1) is 0 Å². The highest BCUT2D eigenvalue weighted by Gasteiger charge is 2.44. The quantitative estimate of drug-likeness (QED) is 0.0215. The average molecular weight is 1030 g/mol. The van der Waals surface area contributed by atoms with Crippen LogP contribution in [0.4, 0.5) is 0 Å². The number of carbonyl (C=O) groups excluding carboxylic acids is 1. The monoisotopic (exact) mass is 1030 g/mol. The smallest absolute Gasteiger partial charge is 0.249 e. The third kappa shape index (κ3) is 39.1. The first-order valence-electron chi connectivity index (χ1n) is 30.5. The normalized spacial score (nSPS) is 20.3. The predicted molar refractivity (Wildman–Crippen MR) is 302 cm³/mol. The fraction of sp³-hybridized carbons (Fsp3) is 0.855. The zero-order valence-electron chi connectivity index (χ0n) is 46.9. The number of hydrogen-bond donors (Lipinski definition) is 8. The van der Waals surface area contributed by atoms with Crippen LogP contribution in [-0.4, -0.2) is 110 Å². The summed E-state index contributed by atoms with van der Waals surface area (Å²) in [5.74, 6) is -0.711. The van der Waals surface area contributed by atoms with Crippen molar-refractivity contribution in [3.05, 3.63) is 48.6 Å². The number of rotatable bonds is 52. The van der Waals surface area contributed by atoms with Crippen LogP contribution >= 0.6 is 0 Å². The number of nitrogens with one attached hydrogen (secondary N) is 1. The van der Waals surface area contributed by atoms with Crippen LogP contribution in [0.2, 0.25) is 0 Å². The molecule has 1 aliphatic heterocycles. The van der Waals surface area contributed by atoms with Crippen molar-refractivity contribution in [2.75, 3.05) is 13.2 Å². The van der Waals surface area contributed by atoms with Gasteiger partial charge in [0.05, 0.1) is 25.4 Å². The molecule has 9 unspecified atom stereocenters. The van der Waals surface area contributed by atoms with Crippen LogP contribution in [0.1, 0.15) is 271 Å². The molecule has 8 N–H and O–H groups in total. The van der Waals surface area contributed by atoms with Crippen molar-refractivity contribution >= 4 is 5.91 Å². The molecule has 0 aromatic rings. The van der Waals surface area contributed by atoms with Crippen molar-refractivity contribution in [2.24, 2.45) is 0 Å².